The largest absolute Gasteiger partial charge is 0.479 e. The fourth-order valence-corrected chi connectivity index (χ4v) is 3.22. The molecule has 0 amide bonds. The first-order valence-electron chi connectivity index (χ1n) is 9.73. The Labute approximate surface area is 171 Å². The molecule has 1 saturated heterocycles. The number of morpholine rings is 1. The summed E-state index contributed by atoms with van der Waals surface area (Å²) in [7, 11) is 0. The molecule has 1 aromatic carbocycles. The van der Waals surface area contributed by atoms with Gasteiger partial charge in [-0.2, -0.15) is 0 Å². The molecule has 0 bridgehead atoms. The van der Waals surface area contributed by atoms with Crippen molar-refractivity contribution in [3.8, 4) is 0 Å². The summed E-state index contributed by atoms with van der Waals surface area (Å²) in [6.45, 7) is 6.64. The molecule has 160 valence electrons. The molecule has 29 heavy (non-hydrogen) atoms. The standard InChI is InChI=1S/C21H30N2O6/c1-2-11-28-20(26)21(19(24)25,29-14-10-23-8-12-27-13-9-23)16-18(22)15-17-6-4-3-5-7-17/h2-7,18H,1,8-16,22H2,(H,24,25). The van der Waals surface area contributed by atoms with Crippen LogP contribution in [0.15, 0.2) is 43.0 Å². The fraction of sp³-hybridized carbons (Fsp3) is 0.524. The van der Waals surface area contributed by atoms with Crippen molar-refractivity contribution in [2.24, 2.45) is 5.73 Å². The zero-order valence-corrected chi connectivity index (χ0v) is 16.6. The molecule has 1 aliphatic rings. The molecule has 2 rings (SSSR count). The first kappa shape index (κ1) is 23.0. The number of hydrogen-bond acceptors (Lipinski definition) is 7. The number of carbonyl (C=O) groups excluding carboxylic acids is 1. The van der Waals surface area contributed by atoms with E-state index >= 15 is 0 Å². The summed E-state index contributed by atoms with van der Waals surface area (Å²) in [4.78, 5) is 26.9. The number of hydrogen-bond donors (Lipinski definition) is 2. The highest BCUT2D eigenvalue weighted by Gasteiger charge is 2.50. The zero-order valence-electron chi connectivity index (χ0n) is 16.6. The third kappa shape index (κ3) is 6.93. The van der Waals surface area contributed by atoms with Gasteiger partial charge in [-0.15, -0.1) is 0 Å². The summed E-state index contributed by atoms with van der Waals surface area (Å²) in [5, 5.41) is 9.90. The Kier molecular flexibility index (Phi) is 9.27. The Balaban J connectivity index is 2.09. The normalized spacial score (nSPS) is 17.8. The van der Waals surface area contributed by atoms with E-state index in [0.717, 1.165) is 18.7 Å². The highest BCUT2D eigenvalue weighted by molar-refractivity contribution is 6.03. The van der Waals surface area contributed by atoms with Gasteiger partial charge in [0.1, 0.15) is 6.61 Å². The highest BCUT2D eigenvalue weighted by atomic mass is 16.6. The molecule has 0 radical (unpaired) electrons. The van der Waals surface area contributed by atoms with E-state index in [9.17, 15) is 14.7 Å². The molecule has 1 fully saturated rings. The first-order valence-corrected chi connectivity index (χ1v) is 9.73. The first-order chi connectivity index (χ1) is 14.0. The second-order valence-electron chi connectivity index (χ2n) is 6.98. The Morgan fingerprint density at radius 2 is 2.00 bits per heavy atom. The van der Waals surface area contributed by atoms with Crippen LogP contribution < -0.4 is 5.73 Å². The number of ether oxygens (including phenoxy) is 3. The monoisotopic (exact) mass is 406 g/mol. The van der Waals surface area contributed by atoms with E-state index in [-0.39, 0.29) is 19.6 Å². The van der Waals surface area contributed by atoms with Crippen LogP contribution in [0.25, 0.3) is 0 Å². The summed E-state index contributed by atoms with van der Waals surface area (Å²) in [6.07, 6.45) is 1.59. The quantitative estimate of drug-likeness (QED) is 0.299. The molecule has 8 heteroatoms. The van der Waals surface area contributed by atoms with Gasteiger partial charge in [0.2, 0.25) is 0 Å². The van der Waals surface area contributed by atoms with Gasteiger partial charge < -0.3 is 25.1 Å². The van der Waals surface area contributed by atoms with Crippen molar-refractivity contribution in [3.63, 3.8) is 0 Å². The third-order valence-electron chi connectivity index (χ3n) is 4.76. The van der Waals surface area contributed by atoms with Crippen LogP contribution in [0.3, 0.4) is 0 Å². The number of esters is 1. The van der Waals surface area contributed by atoms with Crippen LogP contribution in [0.1, 0.15) is 12.0 Å². The average molecular weight is 406 g/mol. The van der Waals surface area contributed by atoms with Gasteiger partial charge in [-0.3, -0.25) is 4.90 Å². The molecule has 1 aliphatic heterocycles. The van der Waals surface area contributed by atoms with E-state index in [0.29, 0.717) is 26.2 Å². The topological polar surface area (TPSA) is 111 Å². The molecule has 1 aromatic rings. The Bertz CT molecular complexity index is 662. The zero-order chi connectivity index (χ0) is 21.1. The number of aliphatic carboxylic acids is 1. The summed E-state index contributed by atoms with van der Waals surface area (Å²) < 4.78 is 16.1. The van der Waals surface area contributed by atoms with Crippen molar-refractivity contribution in [2.45, 2.75) is 24.5 Å². The van der Waals surface area contributed by atoms with Crippen LogP contribution in [0, 0.1) is 0 Å². The van der Waals surface area contributed by atoms with E-state index < -0.39 is 23.6 Å². The number of nitrogens with zero attached hydrogens (tertiary/aromatic N) is 1. The number of rotatable bonds is 12. The van der Waals surface area contributed by atoms with Crippen molar-refractivity contribution in [1.82, 2.24) is 4.90 Å². The Morgan fingerprint density at radius 1 is 1.31 bits per heavy atom. The van der Waals surface area contributed by atoms with Crippen molar-refractivity contribution < 1.29 is 28.9 Å². The molecule has 3 N–H and O–H groups in total. The maximum Gasteiger partial charge on any atom is 0.350 e. The van der Waals surface area contributed by atoms with Crippen LogP contribution in [0.4, 0.5) is 0 Å². The van der Waals surface area contributed by atoms with Crippen molar-refractivity contribution in [1.29, 1.82) is 0 Å². The Hall–Kier alpha value is -2.26. The van der Waals surface area contributed by atoms with Gasteiger partial charge >= 0.3 is 11.9 Å². The van der Waals surface area contributed by atoms with Crippen LogP contribution in [0.5, 0.6) is 0 Å². The number of nitrogens with two attached hydrogens (primary N) is 1. The van der Waals surface area contributed by atoms with E-state index in [2.05, 4.69) is 11.5 Å². The number of carbonyl (C=O) groups is 2. The molecule has 8 nitrogen and oxygen atoms in total. The van der Waals surface area contributed by atoms with E-state index in [1.165, 1.54) is 6.08 Å². The number of carboxylic acids is 1. The van der Waals surface area contributed by atoms with Gasteiger partial charge in [-0.1, -0.05) is 43.0 Å². The predicted octanol–water partition coefficient (Wildman–Crippen LogP) is 0.848. The molecule has 1 heterocycles. The summed E-state index contributed by atoms with van der Waals surface area (Å²) in [5.74, 6) is -2.37. The highest BCUT2D eigenvalue weighted by Crippen LogP contribution is 2.23. The lowest BCUT2D eigenvalue weighted by Crippen LogP contribution is -2.54. The van der Waals surface area contributed by atoms with E-state index in [4.69, 9.17) is 19.9 Å². The summed E-state index contributed by atoms with van der Waals surface area (Å²) in [5.41, 5.74) is 5.00. The third-order valence-corrected chi connectivity index (χ3v) is 4.76. The van der Waals surface area contributed by atoms with Gasteiger partial charge in [0, 0.05) is 32.1 Å². The molecular weight excluding hydrogens is 376 g/mol. The van der Waals surface area contributed by atoms with Crippen molar-refractivity contribution in [2.75, 3.05) is 46.1 Å². The second kappa shape index (κ2) is 11.7. The van der Waals surface area contributed by atoms with Crippen LogP contribution in [-0.4, -0.2) is 79.6 Å². The fourth-order valence-electron chi connectivity index (χ4n) is 3.22. The lowest BCUT2D eigenvalue weighted by molar-refractivity contribution is -0.189. The molecule has 0 aliphatic carbocycles. The van der Waals surface area contributed by atoms with Gasteiger partial charge in [-0.05, 0) is 12.0 Å². The average Bonchev–Trinajstić information content (AvgIpc) is 2.72. The van der Waals surface area contributed by atoms with E-state index in [1.807, 2.05) is 30.3 Å². The molecule has 0 spiro atoms. The van der Waals surface area contributed by atoms with Crippen LogP contribution in [-0.2, 0) is 30.2 Å². The minimum atomic E-state index is -2.16. The lowest BCUT2D eigenvalue weighted by Gasteiger charge is -2.32. The second-order valence-corrected chi connectivity index (χ2v) is 6.98. The van der Waals surface area contributed by atoms with Crippen molar-refractivity contribution in [3.05, 3.63) is 48.6 Å². The van der Waals surface area contributed by atoms with Gasteiger partial charge in [-0.25, -0.2) is 9.59 Å². The number of carboxylic acid groups (broad SMARTS) is 1. The van der Waals surface area contributed by atoms with Crippen LogP contribution in [0.2, 0.25) is 0 Å². The number of benzene rings is 1. The van der Waals surface area contributed by atoms with Gasteiger partial charge in [0.15, 0.2) is 0 Å². The minimum Gasteiger partial charge on any atom is -0.479 e. The van der Waals surface area contributed by atoms with Crippen LogP contribution >= 0.6 is 0 Å². The van der Waals surface area contributed by atoms with Gasteiger partial charge in [0.25, 0.3) is 5.60 Å². The SMILES string of the molecule is C=CCOC(=O)C(CC(N)Cc1ccccc1)(OCCN1CCOCC1)C(=O)O. The maximum absolute atomic E-state index is 12.7. The summed E-state index contributed by atoms with van der Waals surface area (Å²) >= 11 is 0. The van der Waals surface area contributed by atoms with E-state index in [1.54, 1.807) is 0 Å². The minimum absolute atomic E-state index is 0.0630. The molecule has 2 atom stereocenters. The molecule has 0 saturated carbocycles. The predicted molar refractivity (Wildman–Crippen MR) is 107 cm³/mol. The Morgan fingerprint density at radius 3 is 2.62 bits per heavy atom. The molecular formula is C21H30N2O6. The molecule has 0 aromatic heterocycles. The maximum atomic E-state index is 12.7. The lowest BCUT2D eigenvalue weighted by atomic mass is 9.91. The van der Waals surface area contributed by atoms with Gasteiger partial charge in [0.05, 0.1) is 19.8 Å². The molecule has 2 unspecified atom stereocenters. The summed E-state index contributed by atoms with van der Waals surface area (Å²) in [6, 6.07) is 8.84. The van der Waals surface area contributed by atoms with Crippen molar-refractivity contribution >= 4 is 11.9 Å². The smallest absolute Gasteiger partial charge is 0.350 e.